The molecule has 0 aliphatic rings. The predicted octanol–water partition coefficient (Wildman–Crippen LogP) is 2.36. The Morgan fingerprint density at radius 1 is 1.30 bits per heavy atom. The van der Waals surface area contributed by atoms with Crippen LogP contribution in [0.1, 0.15) is 11.3 Å². The van der Waals surface area contributed by atoms with Crippen molar-refractivity contribution in [3.05, 3.63) is 52.4 Å². The highest BCUT2D eigenvalue weighted by molar-refractivity contribution is 9.10. The maximum Gasteiger partial charge on any atom is 0.247 e. The molecule has 0 aliphatic heterocycles. The number of aliphatic hydroxyl groups excluding tert-OH is 1. The van der Waals surface area contributed by atoms with E-state index in [0.29, 0.717) is 0 Å². The lowest BCUT2D eigenvalue weighted by Crippen LogP contribution is -2.26. The number of aliphatic hydroxyl groups is 1. The van der Waals surface area contributed by atoms with Crippen LogP contribution in [0.4, 0.5) is 0 Å². The summed E-state index contributed by atoms with van der Waals surface area (Å²) in [5.74, 6) is 0.198. The van der Waals surface area contributed by atoms with E-state index in [2.05, 4.69) is 15.9 Å². The van der Waals surface area contributed by atoms with E-state index in [0.717, 1.165) is 5.56 Å². The first-order chi connectivity index (χ1) is 9.45. The summed E-state index contributed by atoms with van der Waals surface area (Å²) in [5, 5.41) is 8.99. The Morgan fingerprint density at radius 2 is 1.95 bits per heavy atom. The number of furan rings is 1. The van der Waals surface area contributed by atoms with Gasteiger partial charge in [-0.15, -0.1) is 0 Å². The summed E-state index contributed by atoms with van der Waals surface area (Å²) in [5.41, 5.74) is 0.889. The van der Waals surface area contributed by atoms with Gasteiger partial charge in [0.05, 0.1) is 0 Å². The standard InChI is InChI=1S/C13H14BrNO4S/c1-15(8-10-5-3-2-4-6-10)20(17,18)12-7-11(9-16)19-13(12)14/h2-7,16H,8-9H2,1H3. The first-order valence-corrected chi connectivity index (χ1v) is 8.08. The largest absolute Gasteiger partial charge is 0.450 e. The Morgan fingerprint density at radius 3 is 2.50 bits per heavy atom. The second-order valence-electron chi connectivity index (χ2n) is 4.26. The molecule has 0 saturated heterocycles. The van der Waals surface area contributed by atoms with Crippen LogP contribution in [0.2, 0.25) is 0 Å². The normalized spacial score (nSPS) is 12.0. The van der Waals surface area contributed by atoms with Gasteiger partial charge < -0.3 is 9.52 Å². The van der Waals surface area contributed by atoms with Gasteiger partial charge in [-0.2, -0.15) is 4.31 Å². The minimum atomic E-state index is -3.68. The lowest BCUT2D eigenvalue weighted by Gasteiger charge is -2.16. The van der Waals surface area contributed by atoms with Crippen LogP contribution in [0, 0.1) is 0 Å². The van der Waals surface area contributed by atoms with E-state index in [4.69, 9.17) is 9.52 Å². The second-order valence-corrected chi connectivity index (χ2v) is 6.99. The Balaban J connectivity index is 2.27. The molecule has 0 spiro atoms. The van der Waals surface area contributed by atoms with E-state index in [1.165, 1.54) is 17.4 Å². The minimum Gasteiger partial charge on any atom is -0.450 e. The summed E-state index contributed by atoms with van der Waals surface area (Å²) in [6, 6.07) is 10.6. The van der Waals surface area contributed by atoms with Gasteiger partial charge in [0.1, 0.15) is 17.3 Å². The number of halogens is 1. The lowest BCUT2D eigenvalue weighted by atomic mass is 10.2. The third kappa shape index (κ3) is 3.12. The molecule has 0 amide bonds. The summed E-state index contributed by atoms with van der Waals surface area (Å²) >= 11 is 3.06. The lowest BCUT2D eigenvalue weighted by molar-refractivity contribution is 0.245. The fourth-order valence-electron chi connectivity index (χ4n) is 1.74. The molecule has 1 heterocycles. The summed E-state index contributed by atoms with van der Waals surface area (Å²) in [7, 11) is -2.18. The fraction of sp³-hybridized carbons (Fsp3) is 0.231. The van der Waals surface area contributed by atoms with Gasteiger partial charge >= 0.3 is 0 Å². The van der Waals surface area contributed by atoms with Gasteiger partial charge in [0, 0.05) is 19.7 Å². The van der Waals surface area contributed by atoms with Gasteiger partial charge in [-0.25, -0.2) is 8.42 Å². The Kier molecular flexibility index (Phi) is 4.64. The van der Waals surface area contributed by atoms with Gasteiger partial charge in [0.15, 0.2) is 4.67 Å². The first-order valence-electron chi connectivity index (χ1n) is 5.84. The number of nitrogens with zero attached hydrogens (tertiary/aromatic N) is 1. The molecule has 0 fully saturated rings. The molecule has 1 N–H and O–H groups in total. The van der Waals surface area contributed by atoms with Crippen LogP contribution < -0.4 is 0 Å². The van der Waals surface area contributed by atoms with Gasteiger partial charge in [-0.05, 0) is 21.5 Å². The van der Waals surface area contributed by atoms with Crippen LogP contribution in [0.5, 0.6) is 0 Å². The van der Waals surface area contributed by atoms with Crippen LogP contribution in [0.3, 0.4) is 0 Å². The average Bonchev–Trinajstić information content (AvgIpc) is 2.82. The molecule has 108 valence electrons. The Hall–Kier alpha value is -1.15. The maximum atomic E-state index is 12.4. The topological polar surface area (TPSA) is 70.8 Å². The fourth-order valence-corrected chi connectivity index (χ4v) is 3.86. The van der Waals surface area contributed by atoms with Crippen LogP contribution in [0.25, 0.3) is 0 Å². The van der Waals surface area contributed by atoms with Crippen molar-refractivity contribution in [2.75, 3.05) is 7.05 Å². The molecule has 0 radical (unpaired) electrons. The van der Waals surface area contributed by atoms with E-state index >= 15 is 0 Å². The van der Waals surface area contributed by atoms with Gasteiger partial charge in [0.2, 0.25) is 10.0 Å². The SMILES string of the molecule is CN(Cc1ccccc1)S(=O)(=O)c1cc(CO)oc1Br. The zero-order valence-corrected chi connectivity index (χ0v) is 13.2. The number of hydrogen-bond donors (Lipinski definition) is 1. The first kappa shape index (κ1) is 15.2. The highest BCUT2D eigenvalue weighted by atomic mass is 79.9. The van der Waals surface area contributed by atoms with E-state index in [9.17, 15) is 8.42 Å². The molecule has 0 aliphatic carbocycles. The average molecular weight is 360 g/mol. The molecule has 20 heavy (non-hydrogen) atoms. The van der Waals surface area contributed by atoms with Crippen LogP contribution in [-0.4, -0.2) is 24.9 Å². The van der Waals surface area contributed by atoms with Gasteiger partial charge in [-0.1, -0.05) is 30.3 Å². The third-order valence-electron chi connectivity index (χ3n) is 2.80. The van der Waals surface area contributed by atoms with Crippen LogP contribution in [0.15, 0.2) is 50.4 Å². The summed E-state index contributed by atoms with van der Waals surface area (Å²) < 4.78 is 31.3. The van der Waals surface area contributed by atoms with E-state index in [-0.39, 0.29) is 28.5 Å². The Labute approximate surface area is 126 Å². The summed E-state index contributed by atoms with van der Waals surface area (Å²) in [6.45, 7) is -0.0915. The number of benzene rings is 1. The van der Waals surface area contributed by atoms with Crippen molar-refractivity contribution in [3.8, 4) is 0 Å². The molecular formula is C13H14BrNO4S. The van der Waals surface area contributed by atoms with Crippen LogP contribution >= 0.6 is 15.9 Å². The quantitative estimate of drug-likeness (QED) is 0.889. The maximum absolute atomic E-state index is 12.4. The Bertz CT molecular complexity index is 682. The monoisotopic (exact) mass is 359 g/mol. The molecule has 2 rings (SSSR count). The summed E-state index contributed by atoms with van der Waals surface area (Å²) in [4.78, 5) is 0.0139. The smallest absolute Gasteiger partial charge is 0.247 e. The van der Waals surface area contributed by atoms with Crippen molar-refractivity contribution in [2.24, 2.45) is 0 Å². The molecule has 0 atom stereocenters. The van der Waals surface area contributed by atoms with Crippen molar-refractivity contribution in [3.63, 3.8) is 0 Å². The van der Waals surface area contributed by atoms with E-state index in [1.807, 2.05) is 30.3 Å². The second kappa shape index (κ2) is 6.09. The van der Waals surface area contributed by atoms with Crippen molar-refractivity contribution >= 4 is 26.0 Å². The van der Waals surface area contributed by atoms with Gasteiger partial charge in [-0.3, -0.25) is 0 Å². The predicted molar refractivity (Wildman–Crippen MR) is 77.4 cm³/mol. The van der Waals surface area contributed by atoms with E-state index < -0.39 is 10.0 Å². The van der Waals surface area contributed by atoms with Crippen LogP contribution in [-0.2, 0) is 23.2 Å². The van der Waals surface area contributed by atoms with Crippen molar-refractivity contribution in [1.29, 1.82) is 0 Å². The number of sulfonamides is 1. The zero-order chi connectivity index (χ0) is 14.8. The molecular weight excluding hydrogens is 346 g/mol. The molecule has 2 aromatic rings. The third-order valence-corrected chi connectivity index (χ3v) is 5.46. The molecule has 5 nitrogen and oxygen atoms in total. The molecule has 0 bridgehead atoms. The number of hydrogen-bond acceptors (Lipinski definition) is 4. The molecule has 1 aromatic heterocycles. The summed E-state index contributed by atoms with van der Waals surface area (Å²) in [6.07, 6.45) is 0. The van der Waals surface area contributed by atoms with Gasteiger partial charge in [0.25, 0.3) is 0 Å². The van der Waals surface area contributed by atoms with Crippen molar-refractivity contribution in [1.82, 2.24) is 4.31 Å². The van der Waals surface area contributed by atoms with E-state index in [1.54, 1.807) is 0 Å². The molecule has 1 aromatic carbocycles. The molecule has 7 heteroatoms. The highest BCUT2D eigenvalue weighted by Gasteiger charge is 2.26. The van der Waals surface area contributed by atoms with Crippen molar-refractivity contribution < 1.29 is 17.9 Å². The minimum absolute atomic E-state index is 0.0139. The molecule has 0 saturated carbocycles. The number of rotatable bonds is 5. The van der Waals surface area contributed by atoms with Crippen molar-refractivity contribution in [2.45, 2.75) is 18.0 Å². The molecule has 0 unspecified atom stereocenters. The highest BCUT2D eigenvalue weighted by Crippen LogP contribution is 2.28. The zero-order valence-electron chi connectivity index (χ0n) is 10.8.